The van der Waals surface area contributed by atoms with Gasteiger partial charge in [-0.25, -0.2) is 14.4 Å². The van der Waals surface area contributed by atoms with Crippen LogP contribution in [0.25, 0.3) is 11.3 Å². The van der Waals surface area contributed by atoms with Gasteiger partial charge in [0, 0.05) is 37.9 Å². The first-order valence-electron chi connectivity index (χ1n) is 13.6. The van der Waals surface area contributed by atoms with Gasteiger partial charge in [-0.05, 0) is 54.7 Å². The average molecular weight is 526 g/mol. The first-order chi connectivity index (χ1) is 19.2. The van der Waals surface area contributed by atoms with E-state index in [0.717, 1.165) is 67.1 Å². The molecule has 39 heavy (non-hydrogen) atoms. The molecule has 1 unspecified atom stereocenters. The molecule has 6 rings (SSSR count). The Bertz CT molecular complexity index is 1410. The SMILES string of the molecule is O=C(c1ccc(N2CCOCC2)nc1)N1CCCC1c1ccccc1-c1cncn1CCc1ccc(F)cc1. The number of amides is 1. The maximum atomic E-state index is 13.7. The number of carbonyl (C=O) groups is 1. The van der Waals surface area contributed by atoms with Crippen LogP contribution in [0.4, 0.5) is 10.2 Å². The van der Waals surface area contributed by atoms with Crippen molar-refractivity contribution in [1.29, 1.82) is 0 Å². The van der Waals surface area contributed by atoms with E-state index < -0.39 is 0 Å². The van der Waals surface area contributed by atoms with Crippen molar-refractivity contribution < 1.29 is 13.9 Å². The number of likely N-dealkylation sites (tertiary alicyclic amines) is 1. The zero-order chi connectivity index (χ0) is 26.6. The monoisotopic (exact) mass is 525 g/mol. The molecule has 2 aliphatic heterocycles. The van der Waals surface area contributed by atoms with Gasteiger partial charge in [-0.2, -0.15) is 0 Å². The third-order valence-corrected chi connectivity index (χ3v) is 7.71. The molecule has 0 bridgehead atoms. The van der Waals surface area contributed by atoms with E-state index in [2.05, 4.69) is 31.6 Å². The third-order valence-electron chi connectivity index (χ3n) is 7.71. The number of rotatable bonds is 7. The highest BCUT2D eigenvalue weighted by Crippen LogP contribution is 2.38. The highest BCUT2D eigenvalue weighted by atomic mass is 19.1. The Morgan fingerprint density at radius 3 is 2.59 bits per heavy atom. The van der Waals surface area contributed by atoms with Gasteiger partial charge in [0.25, 0.3) is 5.91 Å². The van der Waals surface area contributed by atoms with Crippen LogP contribution in [0.3, 0.4) is 0 Å². The number of hydrogen-bond acceptors (Lipinski definition) is 5. The molecule has 8 heteroatoms. The van der Waals surface area contributed by atoms with E-state index in [1.807, 2.05) is 53.8 Å². The molecule has 0 saturated carbocycles. The summed E-state index contributed by atoms with van der Waals surface area (Å²) in [5.74, 6) is 0.667. The second kappa shape index (κ2) is 11.4. The normalized spacial score (nSPS) is 17.5. The summed E-state index contributed by atoms with van der Waals surface area (Å²) in [5, 5.41) is 0. The van der Waals surface area contributed by atoms with Crippen LogP contribution in [-0.4, -0.2) is 58.2 Å². The minimum Gasteiger partial charge on any atom is -0.378 e. The zero-order valence-electron chi connectivity index (χ0n) is 21.9. The van der Waals surface area contributed by atoms with E-state index in [0.29, 0.717) is 25.3 Å². The number of hydrogen-bond donors (Lipinski definition) is 0. The highest BCUT2D eigenvalue weighted by molar-refractivity contribution is 5.94. The average Bonchev–Trinajstić information content (AvgIpc) is 3.67. The smallest absolute Gasteiger partial charge is 0.255 e. The van der Waals surface area contributed by atoms with E-state index in [1.54, 1.807) is 6.20 Å². The fourth-order valence-corrected chi connectivity index (χ4v) is 5.64. The van der Waals surface area contributed by atoms with Crippen LogP contribution in [0.15, 0.2) is 79.4 Å². The van der Waals surface area contributed by atoms with Gasteiger partial charge in [-0.1, -0.05) is 36.4 Å². The van der Waals surface area contributed by atoms with E-state index in [-0.39, 0.29) is 17.8 Å². The minimum atomic E-state index is -0.226. The molecule has 0 spiro atoms. The Labute approximate surface area is 227 Å². The van der Waals surface area contributed by atoms with Gasteiger partial charge in [-0.15, -0.1) is 0 Å². The molecule has 4 aromatic rings. The molecule has 1 atom stereocenters. The molecule has 2 aliphatic rings. The van der Waals surface area contributed by atoms with E-state index in [1.165, 1.54) is 12.1 Å². The summed E-state index contributed by atoms with van der Waals surface area (Å²) in [6.45, 7) is 4.46. The summed E-state index contributed by atoms with van der Waals surface area (Å²) in [6.07, 6.45) is 8.07. The molecule has 200 valence electrons. The molecule has 1 amide bonds. The van der Waals surface area contributed by atoms with Gasteiger partial charge in [0.15, 0.2) is 0 Å². The fourth-order valence-electron chi connectivity index (χ4n) is 5.64. The number of halogens is 1. The Morgan fingerprint density at radius 1 is 0.974 bits per heavy atom. The second-order valence-corrected chi connectivity index (χ2v) is 10.1. The number of benzene rings is 2. The predicted molar refractivity (Wildman–Crippen MR) is 148 cm³/mol. The van der Waals surface area contributed by atoms with Crippen molar-refractivity contribution in [3.05, 3.63) is 102 Å². The van der Waals surface area contributed by atoms with Crippen molar-refractivity contribution in [3.8, 4) is 11.3 Å². The molecule has 0 aliphatic carbocycles. The number of aryl methyl sites for hydroxylation is 2. The molecule has 2 aromatic heterocycles. The summed E-state index contributed by atoms with van der Waals surface area (Å²) in [6, 6.07) is 18.8. The number of aromatic nitrogens is 3. The number of morpholine rings is 1. The molecule has 0 radical (unpaired) electrons. The lowest BCUT2D eigenvalue weighted by Crippen LogP contribution is -2.36. The molecule has 7 nitrogen and oxygen atoms in total. The fraction of sp³-hybridized carbons (Fsp3) is 0.323. The summed E-state index contributed by atoms with van der Waals surface area (Å²) in [4.78, 5) is 26.9. The van der Waals surface area contributed by atoms with Crippen LogP contribution >= 0.6 is 0 Å². The maximum Gasteiger partial charge on any atom is 0.255 e. The van der Waals surface area contributed by atoms with Gasteiger partial charge in [0.05, 0.1) is 43.0 Å². The Balaban J connectivity index is 1.22. The quantitative estimate of drug-likeness (QED) is 0.334. The van der Waals surface area contributed by atoms with Crippen LogP contribution in [0.1, 0.15) is 40.4 Å². The lowest BCUT2D eigenvalue weighted by Gasteiger charge is -2.29. The Kier molecular flexibility index (Phi) is 7.36. The standard InChI is InChI=1S/C31H32FN5O2/c32-25-10-7-23(8-11-25)13-15-36-22-33-21-29(36)27-5-2-1-4-26(27)28-6-3-14-37(28)31(38)24-9-12-30(34-20-24)35-16-18-39-19-17-35/h1-2,4-5,7-12,20-22,28H,3,6,13-19H2. The molecule has 2 aromatic carbocycles. The van der Waals surface area contributed by atoms with Crippen LogP contribution in [0.2, 0.25) is 0 Å². The minimum absolute atomic E-state index is 0.0122. The topological polar surface area (TPSA) is 63.5 Å². The summed E-state index contributed by atoms with van der Waals surface area (Å²) < 4.78 is 20.9. The molecule has 0 N–H and O–H groups in total. The van der Waals surface area contributed by atoms with Gasteiger partial charge in [0.2, 0.25) is 0 Å². The highest BCUT2D eigenvalue weighted by Gasteiger charge is 2.32. The summed E-state index contributed by atoms with van der Waals surface area (Å²) >= 11 is 0. The van der Waals surface area contributed by atoms with Crippen molar-refractivity contribution in [1.82, 2.24) is 19.4 Å². The third kappa shape index (κ3) is 5.43. The van der Waals surface area contributed by atoms with Crippen molar-refractivity contribution in [2.45, 2.75) is 31.8 Å². The first-order valence-corrected chi connectivity index (χ1v) is 13.6. The van der Waals surface area contributed by atoms with Crippen LogP contribution in [-0.2, 0) is 17.7 Å². The number of ether oxygens (including phenoxy) is 1. The number of imidazole rings is 1. The van der Waals surface area contributed by atoms with Crippen molar-refractivity contribution in [2.24, 2.45) is 0 Å². The predicted octanol–water partition coefficient (Wildman–Crippen LogP) is 5.14. The number of nitrogens with zero attached hydrogens (tertiary/aromatic N) is 5. The molecule has 4 heterocycles. The Hall–Kier alpha value is -4.04. The maximum absolute atomic E-state index is 13.7. The van der Waals surface area contributed by atoms with Crippen LogP contribution < -0.4 is 4.90 Å². The second-order valence-electron chi connectivity index (χ2n) is 10.1. The Morgan fingerprint density at radius 2 is 1.79 bits per heavy atom. The molecule has 2 saturated heterocycles. The summed E-state index contributed by atoms with van der Waals surface area (Å²) in [5.41, 5.74) is 4.92. The molecular weight excluding hydrogens is 493 g/mol. The van der Waals surface area contributed by atoms with E-state index >= 15 is 0 Å². The number of carbonyl (C=O) groups excluding carboxylic acids is 1. The molecule has 2 fully saturated rings. The van der Waals surface area contributed by atoms with Crippen molar-refractivity contribution in [3.63, 3.8) is 0 Å². The van der Waals surface area contributed by atoms with E-state index in [4.69, 9.17) is 4.74 Å². The first kappa shape index (κ1) is 25.2. The van der Waals surface area contributed by atoms with E-state index in [9.17, 15) is 9.18 Å². The lowest BCUT2D eigenvalue weighted by molar-refractivity contribution is 0.0735. The van der Waals surface area contributed by atoms with Crippen LogP contribution in [0, 0.1) is 5.82 Å². The van der Waals surface area contributed by atoms with Crippen molar-refractivity contribution in [2.75, 3.05) is 37.7 Å². The van der Waals surface area contributed by atoms with Gasteiger partial charge in [-0.3, -0.25) is 4.79 Å². The van der Waals surface area contributed by atoms with Gasteiger partial charge < -0.3 is 19.1 Å². The largest absolute Gasteiger partial charge is 0.378 e. The lowest BCUT2D eigenvalue weighted by atomic mass is 9.96. The number of pyridine rings is 1. The summed E-state index contributed by atoms with van der Waals surface area (Å²) in [7, 11) is 0. The van der Waals surface area contributed by atoms with Crippen LogP contribution in [0.5, 0.6) is 0 Å². The van der Waals surface area contributed by atoms with Gasteiger partial charge >= 0.3 is 0 Å². The molecular formula is C31H32FN5O2. The number of anilines is 1. The zero-order valence-corrected chi connectivity index (χ0v) is 21.9. The van der Waals surface area contributed by atoms with Crippen molar-refractivity contribution >= 4 is 11.7 Å². The van der Waals surface area contributed by atoms with Gasteiger partial charge in [0.1, 0.15) is 11.6 Å².